The molecule has 2 aromatic rings. The van der Waals surface area contributed by atoms with Crippen LogP contribution in [0.4, 0.5) is 5.95 Å². The predicted octanol–water partition coefficient (Wildman–Crippen LogP) is 1.46. The van der Waals surface area contributed by atoms with Crippen LogP contribution in [0, 0.1) is 6.92 Å². The maximum atomic E-state index is 10.7. The molecule has 2 heterocycles. The average molecular weight is 323 g/mol. The normalized spacial score (nSPS) is 10.5. The molecule has 0 aliphatic heterocycles. The maximum Gasteiger partial charge on any atom is 0.341 e. The minimum absolute atomic E-state index is 0.0877. The Morgan fingerprint density at radius 3 is 2.91 bits per heavy atom. The number of nitrogens with one attached hydrogen (secondary N) is 1. The van der Waals surface area contributed by atoms with E-state index in [1.807, 2.05) is 17.5 Å². The van der Waals surface area contributed by atoms with E-state index in [0.29, 0.717) is 30.2 Å². The SMILES string of the molecule is Cc1nc(NCc2cccs2)nc(OCC(=O)O)c1CCO. The van der Waals surface area contributed by atoms with Gasteiger partial charge in [-0.3, -0.25) is 0 Å². The Morgan fingerprint density at radius 2 is 2.27 bits per heavy atom. The molecule has 0 saturated carbocycles. The standard InChI is InChI=1S/C14H17N3O4S/c1-9-11(4-5-18)13(21-8-12(19)20)17-14(16-9)15-7-10-3-2-6-22-10/h2-3,6,18H,4-5,7-8H2,1H3,(H,19,20)(H,15,16,17). The second-order valence-corrected chi connectivity index (χ2v) is 5.54. The van der Waals surface area contributed by atoms with Gasteiger partial charge < -0.3 is 20.3 Å². The van der Waals surface area contributed by atoms with Crippen LogP contribution in [0.3, 0.4) is 0 Å². The fraction of sp³-hybridized carbons (Fsp3) is 0.357. The van der Waals surface area contributed by atoms with Crippen LogP contribution in [-0.4, -0.2) is 39.4 Å². The lowest BCUT2D eigenvalue weighted by atomic mass is 10.2. The molecule has 0 fully saturated rings. The van der Waals surface area contributed by atoms with Crippen LogP contribution in [-0.2, 0) is 17.8 Å². The zero-order valence-electron chi connectivity index (χ0n) is 12.1. The smallest absolute Gasteiger partial charge is 0.341 e. The number of hydrogen-bond donors (Lipinski definition) is 3. The van der Waals surface area contributed by atoms with Crippen molar-refractivity contribution < 1.29 is 19.7 Å². The zero-order chi connectivity index (χ0) is 15.9. The van der Waals surface area contributed by atoms with E-state index in [4.69, 9.17) is 14.9 Å². The number of carbonyl (C=O) groups is 1. The van der Waals surface area contributed by atoms with Gasteiger partial charge in [-0.25, -0.2) is 9.78 Å². The number of ether oxygens (including phenoxy) is 1. The molecule has 0 aliphatic rings. The largest absolute Gasteiger partial charge is 0.479 e. The Morgan fingerprint density at radius 1 is 1.45 bits per heavy atom. The molecule has 0 aromatic carbocycles. The van der Waals surface area contributed by atoms with Gasteiger partial charge in [-0.15, -0.1) is 11.3 Å². The van der Waals surface area contributed by atoms with E-state index in [1.54, 1.807) is 18.3 Å². The second-order valence-electron chi connectivity index (χ2n) is 4.51. The number of aryl methyl sites for hydroxylation is 1. The van der Waals surface area contributed by atoms with Crippen molar-refractivity contribution in [2.45, 2.75) is 19.9 Å². The van der Waals surface area contributed by atoms with Crippen LogP contribution in [0.25, 0.3) is 0 Å². The molecule has 2 rings (SSSR count). The van der Waals surface area contributed by atoms with Gasteiger partial charge in [-0.05, 0) is 18.4 Å². The van der Waals surface area contributed by atoms with Crippen LogP contribution in [0.1, 0.15) is 16.1 Å². The Bertz CT molecular complexity index is 631. The third-order valence-electron chi connectivity index (χ3n) is 2.87. The summed E-state index contributed by atoms with van der Waals surface area (Å²) < 4.78 is 5.21. The summed E-state index contributed by atoms with van der Waals surface area (Å²) in [5.74, 6) is -0.523. The van der Waals surface area contributed by atoms with Gasteiger partial charge in [-0.1, -0.05) is 6.07 Å². The van der Waals surface area contributed by atoms with Crippen molar-refractivity contribution >= 4 is 23.3 Å². The Kier molecular flexibility index (Phi) is 5.68. The molecule has 0 aliphatic carbocycles. The number of rotatable bonds is 8. The molecule has 2 aromatic heterocycles. The molecule has 7 nitrogen and oxygen atoms in total. The van der Waals surface area contributed by atoms with E-state index in [0.717, 1.165) is 4.88 Å². The molecule has 0 unspecified atom stereocenters. The third kappa shape index (κ3) is 4.40. The molecule has 0 amide bonds. The van der Waals surface area contributed by atoms with Gasteiger partial charge in [0, 0.05) is 29.2 Å². The van der Waals surface area contributed by atoms with Crippen molar-refractivity contribution in [3.63, 3.8) is 0 Å². The first-order chi connectivity index (χ1) is 10.6. The van der Waals surface area contributed by atoms with Crippen LogP contribution in [0.5, 0.6) is 5.88 Å². The Hall–Kier alpha value is -2.19. The molecular formula is C14H17N3O4S. The predicted molar refractivity (Wildman–Crippen MR) is 82.3 cm³/mol. The van der Waals surface area contributed by atoms with Gasteiger partial charge in [0.25, 0.3) is 0 Å². The molecule has 3 N–H and O–H groups in total. The number of anilines is 1. The van der Waals surface area contributed by atoms with Gasteiger partial charge in [0.05, 0.1) is 6.54 Å². The quantitative estimate of drug-likeness (QED) is 0.675. The minimum atomic E-state index is -1.08. The first-order valence-electron chi connectivity index (χ1n) is 6.69. The molecule has 118 valence electrons. The fourth-order valence-corrected chi connectivity index (χ4v) is 2.52. The molecule has 0 spiro atoms. The number of aliphatic hydroxyl groups is 1. The Labute approximate surface area is 131 Å². The summed E-state index contributed by atoms with van der Waals surface area (Å²) in [7, 11) is 0. The number of nitrogens with zero attached hydrogens (tertiary/aromatic N) is 2. The lowest BCUT2D eigenvalue weighted by Gasteiger charge is -2.13. The van der Waals surface area contributed by atoms with Gasteiger partial charge >= 0.3 is 5.97 Å². The highest BCUT2D eigenvalue weighted by Crippen LogP contribution is 2.22. The second kappa shape index (κ2) is 7.71. The third-order valence-corrected chi connectivity index (χ3v) is 3.75. The van der Waals surface area contributed by atoms with Gasteiger partial charge in [0.15, 0.2) is 6.61 Å². The zero-order valence-corrected chi connectivity index (χ0v) is 12.9. The van der Waals surface area contributed by atoms with Crippen molar-refractivity contribution in [2.24, 2.45) is 0 Å². The Balaban J connectivity index is 2.17. The number of hydrogen-bond acceptors (Lipinski definition) is 7. The van der Waals surface area contributed by atoms with E-state index < -0.39 is 12.6 Å². The average Bonchev–Trinajstić information content (AvgIpc) is 2.99. The van der Waals surface area contributed by atoms with Gasteiger partial charge in [-0.2, -0.15) is 4.98 Å². The number of thiophene rings is 1. The highest BCUT2D eigenvalue weighted by atomic mass is 32.1. The first-order valence-corrected chi connectivity index (χ1v) is 7.57. The van der Waals surface area contributed by atoms with Crippen molar-refractivity contribution in [2.75, 3.05) is 18.5 Å². The molecule has 22 heavy (non-hydrogen) atoms. The van der Waals surface area contributed by atoms with Crippen molar-refractivity contribution in [1.29, 1.82) is 0 Å². The lowest BCUT2D eigenvalue weighted by Crippen LogP contribution is -2.15. The summed E-state index contributed by atoms with van der Waals surface area (Å²) in [4.78, 5) is 20.3. The van der Waals surface area contributed by atoms with Crippen LogP contribution in [0.15, 0.2) is 17.5 Å². The van der Waals surface area contributed by atoms with Crippen LogP contribution in [0.2, 0.25) is 0 Å². The molecule has 8 heteroatoms. The van der Waals surface area contributed by atoms with E-state index >= 15 is 0 Å². The topological polar surface area (TPSA) is 105 Å². The summed E-state index contributed by atoms with van der Waals surface area (Å²) in [5.41, 5.74) is 1.27. The summed E-state index contributed by atoms with van der Waals surface area (Å²) in [6, 6.07) is 3.95. The van der Waals surface area contributed by atoms with E-state index in [-0.39, 0.29) is 12.5 Å². The fourth-order valence-electron chi connectivity index (χ4n) is 1.88. The maximum absolute atomic E-state index is 10.7. The number of aliphatic carboxylic acids is 1. The van der Waals surface area contributed by atoms with Crippen molar-refractivity contribution in [3.8, 4) is 5.88 Å². The summed E-state index contributed by atoms with van der Waals surface area (Å²) >= 11 is 1.62. The van der Waals surface area contributed by atoms with E-state index in [1.165, 1.54) is 0 Å². The first kappa shape index (κ1) is 16.2. The van der Waals surface area contributed by atoms with Gasteiger partial charge in [0.2, 0.25) is 11.8 Å². The number of aromatic nitrogens is 2. The van der Waals surface area contributed by atoms with Crippen LogP contribution >= 0.6 is 11.3 Å². The molecule has 0 radical (unpaired) electrons. The van der Waals surface area contributed by atoms with Gasteiger partial charge in [0.1, 0.15) is 0 Å². The molecular weight excluding hydrogens is 306 g/mol. The van der Waals surface area contributed by atoms with Crippen molar-refractivity contribution in [1.82, 2.24) is 9.97 Å². The monoisotopic (exact) mass is 323 g/mol. The lowest BCUT2D eigenvalue weighted by molar-refractivity contribution is -0.139. The van der Waals surface area contributed by atoms with Crippen molar-refractivity contribution in [3.05, 3.63) is 33.6 Å². The minimum Gasteiger partial charge on any atom is -0.479 e. The van der Waals surface area contributed by atoms with E-state index in [2.05, 4.69) is 15.3 Å². The summed E-state index contributed by atoms with van der Waals surface area (Å²) in [6.45, 7) is 1.78. The molecule has 0 bridgehead atoms. The number of carboxylic acid groups (broad SMARTS) is 1. The number of carboxylic acids is 1. The number of aliphatic hydroxyl groups excluding tert-OH is 1. The summed E-state index contributed by atoms with van der Waals surface area (Å²) in [6.07, 6.45) is 0.311. The van der Waals surface area contributed by atoms with Crippen LogP contribution < -0.4 is 10.1 Å². The highest BCUT2D eigenvalue weighted by Gasteiger charge is 2.14. The summed E-state index contributed by atoms with van der Waals surface area (Å²) in [5, 5.41) is 22.9. The molecule has 0 atom stereocenters. The molecule has 0 saturated heterocycles. The van der Waals surface area contributed by atoms with E-state index in [9.17, 15) is 4.79 Å². The highest BCUT2D eigenvalue weighted by molar-refractivity contribution is 7.09.